The highest BCUT2D eigenvalue weighted by molar-refractivity contribution is 5.91. The Morgan fingerprint density at radius 2 is 1.58 bits per heavy atom. The molecule has 0 radical (unpaired) electrons. The van der Waals surface area contributed by atoms with Gasteiger partial charge in [0.2, 0.25) is 0 Å². The zero-order valence-corrected chi connectivity index (χ0v) is 20.9. The first-order chi connectivity index (χ1) is 17.9. The highest BCUT2D eigenvalue weighted by Crippen LogP contribution is 2.43. The smallest absolute Gasteiger partial charge is 0.418 e. The molecular formula is C28H32F6N2O2. The van der Waals surface area contributed by atoms with Gasteiger partial charge in [0.25, 0.3) is 0 Å². The van der Waals surface area contributed by atoms with Gasteiger partial charge in [0.1, 0.15) is 0 Å². The van der Waals surface area contributed by atoms with E-state index in [0.29, 0.717) is 24.8 Å². The van der Waals surface area contributed by atoms with Gasteiger partial charge in [-0.15, -0.1) is 0 Å². The maximum absolute atomic E-state index is 14.2. The Hall–Kier alpha value is -2.49. The lowest BCUT2D eigenvalue weighted by Gasteiger charge is -2.48. The van der Waals surface area contributed by atoms with Gasteiger partial charge < -0.3 is 10.4 Å². The minimum absolute atomic E-state index is 0.0556. The fraction of sp³-hybridized carbons (Fsp3) is 0.607. The molecule has 4 nitrogen and oxygen atoms in total. The first kappa shape index (κ1) is 27.1. The number of hydrogen-bond donors (Lipinski definition) is 2. The third-order valence-electron chi connectivity index (χ3n) is 8.76. The Morgan fingerprint density at radius 1 is 0.921 bits per heavy atom. The molecule has 2 atom stereocenters. The van der Waals surface area contributed by atoms with Crippen LogP contribution in [-0.4, -0.2) is 40.3 Å². The van der Waals surface area contributed by atoms with Gasteiger partial charge in [-0.3, -0.25) is 9.69 Å². The number of anilines is 1. The van der Waals surface area contributed by atoms with Crippen LogP contribution in [0, 0.1) is 11.8 Å². The molecule has 2 saturated heterocycles. The summed E-state index contributed by atoms with van der Waals surface area (Å²) in [5, 5.41) is 12.9. The van der Waals surface area contributed by atoms with Crippen LogP contribution in [-0.2, 0) is 17.5 Å². The number of nitrogens with one attached hydrogen (secondary N) is 1. The summed E-state index contributed by atoms with van der Waals surface area (Å²) in [6.07, 6.45) is -4.67. The fourth-order valence-electron chi connectivity index (χ4n) is 6.84. The molecule has 1 aliphatic carbocycles. The summed E-state index contributed by atoms with van der Waals surface area (Å²) in [5.74, 6) is -2.50. The molecule has 2 N–H and O–H groups in total. The molecular weight excluding hydrogens is 510 g/mol. The maximum Gasteiger partial charge on any atom is 0.418 e. The van der Waals surface area contributed by atoms with E-state index in [0.717, 1.165) is 24.8 Å². The quantitative estimate of drug-likeness (QED) is 0.382. The van der Waals surface area contributed by atoms with Gasteiger partial charge in [0, 0.05) is 30.4 Å². The Kier molecular flexibility index (Phi) is 7.30. The predicted molar refractivity (Wildman–Crippen MR) is 132 cm³/mol. The molecule has 208 valence electrons. The number of rotatable bonds is 5. The van der Waals surface area contributed by atoms with Crippen molar-refractivity contribution in [3.8, 4) is 0 Å². The predicted octanol–water partition coefficient (Wildman–Crippen LogP) is 7.61. The molecule has 1 saturated carbocycles. The largest absolute Gasteiger partial charge is 0.481 e. The van der Waals surface area contributed by atoms with Crippen molar-refractivity contribution in [2.24, 2.45) is 11.8 Å². The van der Waals surface area contributed by atoms with Gasteiger partial charge in [-0.25, -0.2) is 0 Å². The van der Waals surface area contributed by atoms with Crippen molar-refractivity contribution in [1.29, 1.82) is 0 Å². The fourth-order valence-corrected chi connectivity index (χ4v) is 6.84. The third kappa shape index (κ3) is 5.60. The lowest BCUT2D eigenvalue weighted by Crippen LogP contribution is -2.52. The van der Waals surface area contributed by atoms with Crippen molar-refractivity contribution < 1.29 is 36.2 Å². The van der Waals surface area contributed by atoms with E-state index in [-0.39, 0.29) is 54.8 Å². The summed E-state index contributed by atoms with van der Waals surface area (Å²) in [5.41, 5.74) is -0.0143. The van der Waals surface area contributed by atoms with E-state index in [1.165, 1.54) is 12.1 Å². The van der Waals surface area contributed by atoms with Gasteiger partial charge in [0.15, 0.2) is 0 Å². The Morgan fingerprint density at radius 3 is 2.16 bits per heavy atom. The lowest BCUT2D eigenvalue weighted by molar-refractivity contribution is -0.182. The van der Waals surface area contributed by atoms with Crippen LogP contribution in [0.15, 0.2) is 30.3 Å². The molecule has 2 aliphatic heterocycles. The second-order valence-corrected chi connectivity index (χ2v) is 11.2. The molecule has 2 heterocycles. The minimum atomic E-state index is -4.64. The molecule has 0 amide bonds. The number of aliphatic carboxylic acids is 1. The van der Waals surface area contributed by atoms with E-state index < -0.39 is 35.8 Å². The van der Waals surface area contributed by atoms with Crippen molar-refractivity contribution in [2.75, 3.05) is 5.32 Å². The normalized spacial score (nSPS) is 28.8. The number of fused-ring (bicyclic) bond motifs is 3. The summed E-state index contributed by atoms with van der Waals surface area (Å²) < 4.78 is 81.7. The standard InChI is InChI=1S/C28H32F6N2O2/c29-27(30,31)19-6-8-20(9-7-19)35-24-11-5-17-12-16(4-10-23(17)25(24)28(32,33)34)15-36-21-2-1-3-22(36)14-18(13-21)26(37)38/h4-5,10-12,18-22,35H,1-3,6-9,13-15H2,(H,37,38). The highest BCUT2D eigenvalue weighted by Gasteiger charge is 2.43. The molecule has 2 aromatic rings. The van der Waals surface area contributed by atoms with Crippen LogP contribution in [0.5, 0.6) is 0 Å². The van der Waals surface area contributed by atoms with Crippen LogP contribution >= 0.6 is 0 Å². The molecule has 2 aromatic carbocycles. The Bertz CT molecular complexity index is 1160. The molecule has 0 spiro atoms. The van der Waals surface area contributed by atoms with Crippen LogP contribution < -0.4 is 5.32 Å². The SMILES string of the molecule is O=C(O)C1CC2CCCC(C1)N2Cc1ccc2c(C(F)(F)F)c(NC3CCC(C(F)(F)F)CC3)ccc2c1. The average Bonchev–Trinajstić information content (AvgIpc) is 2.82. The lowest BCUT2D eigenvalue weighted by atomic mass is 9.78. The van der Waals surface area contributed by atoms with Crippen LogP contribution in [0.4, 0.5) is 32.0 Å². The topological polar surface area (TPSA) is 52.6 Å². The summed E-state index contributed by atoms with van der Waals surface area (Å²) in [7, 11) is 0. The van der Waals surface area contributed by atoms with Crippen molar-refractivity contribution >= 4 is 22.4 Å². The number of alkyl halides is 6. The van der Waals surface area contributed by atoms with E-state index in [1.807, 2.05) is 0 Å². The molecule has 5 rings (SSSR count). The number of hydrogen-bond acceptors (Lipinski definition) is 3. The maximum atomic E-state index is 14.2. The van der Waals surface area contributed by atoms with Crippen molar-refractivity contribution in [2.45, 2.75) is 94.8 Å². The zero-order valence-electron chi connectivity index (χ0n) is 20.9. The molecule has 3 aliphatic rings. The van der Waals surface area contributed by atoms with E-state index in [4.69, 9.17) is 0 Å². The number of piperidine rings is 2. The summed E-state index contributed by atoms with van der Waals surface area (Å²) in [6, 6.07) is 7.84. The van der Waals surface area contributed by atoms with E-state index in [2.05, 4.69) is 10.2 Å². The van der Waals surface area contributed by atoms with Crippen molar-refractivity contribution in [3.63, 3.8) is 0 Å². The number of carboxylic acid groups (broad SMARTS) is 1. The molecule has 3 fully saturated rings. The highest BCUT2D eigenvalue weighted by atomic mass is 19.4. The van der Waals surface area contributed by atoms with Gasteiger partial charge in [-0.05, 0) is 79.8 Å². The van der Waals surface area contributed by atoms with Crippen molar-refractivity contribution in [3.05, 3.63) is 41.5 Å². The number of halogens is 6. The van der Waals surface area contributed by atoms with Crippen LogP contribution in [0.2, 0.25) is 0 Å². The molecule has 2 bridgehead atoms. The van der Waals surface area contributed by atoms with Crippen LogP contribution in [0.3, 0.4) is 0 Å². The Labute approximate surface area is 217 Å². The summed E-state index contributed by atoms with van der Waals surface area (Å²) in [4.78, 5) is 13.9. The van der Waals surface area contributed by atoms with Crippen LogP contribution in [0.25, 0.3) is 10.8 Å². The number of benzene rings is 2. The third-order valence-corrected chi connectivity index (χ3v) is 8.76. The van der Waals surface area contributed by atoms with Crippen LogP contribution in [0.1, 0.15) is 68.9 Å². The number of carboxylic acids is 1. The van der Waals surface area contributed by atoms with Gasteiger partial charge in [0.05, 0.1) is 17.4 Å². The molecule has 38 heavy (non-hydrogen) atoms. The number of carbonyl (C=O) groups is 1. The van der Waals surface area contributed by atoms with E-state index >= 15 is 0 Å². The Balaban J connectivity index is 1.36. The summed E-state index contributed by atoms with van der Waals surface area (Å²) in [6.45, 7) is 0.557. The summed E-state index contributed by atoms with van der Waals surface area (Å²) >= 11 is 0. The molecule has 10 heteroatoms. The zero-order chi connectivity index (χ0) is 27.2. The van der Waals surface area contributed by atoms with Gasteiger partial charge >= 0.3 is 18.3 Å². The molecule has 2 unspecified atom stereocenters. The van der Waals surface area contributed by atoms with Gasteiger partial charge in [-0.1, -0.05) is 24.6 Å². The average molecular weight is 543 g/mol. The molecule has 0 aromatic heterocycles. The van der Waals surface area contributed by atoms with Gasteiger partial charge in [-0.2, -0.15) is 26.3 Å². The second-order valence-electron chi connectivity index (χ2n) is 11.2. The number of nitrogens with zero attached hydrogens (tertiary/aromatic N) is 1. The monoisotopic (exact) mass is 542 g/mol. The van der Waals surface area contributed by atoms with Crippen molar-refractivity contribution in [1.82, 2.24) is 4.90 Å². The minimum Gasteiger partial charge on any atom is -0.481 e. The second kappa shape index (κ2) is 10.2. The first-order valence-corrected chi connectivity index (χ1v) is 13.3. The first-order valence-electron chi connectivity index (χ1n) is 13.3. The van der Waals surface area contributed by atoms with E-state index in [1.54, 1.807) is 18.2 Å². The van der Waals surface area contributed by atoms with E-state index in [9.17, 15) is 36.2 Å².